The van der Waals surface area contributed by atoms with E-state index in [1.165, 1.54) is 11.1 Å². The van der Waals surface area contributed by atoms with Gasteiger partial charge in [0, 0.05) is 12.6 Å². The zero-order valence-electron chi connectivity index (χ0n) is 9.70. The van der Waals surface area contributed by atoms with Gasteiger partial charge in [0.2, 0.25) is 0 Å². The minimum absolute atomic E-state index is 0.633. The summed E-state index contributed by atoms with van der Waals surface area (Å²) in [5, 5.41) is 0. The molecular formula is C14H16N2. The van der Waals surface area contributed by atoms with E-state index in [1.807, 2.05) is 6.92 Å². The SMILES string of the molecule is Cc1cnc(N)c(Cc2ccccc2C)c1. The molecule has 0 saturated carbocycles. The van der Waals surface area contributed by atoms with Gasteiger partial charge in [-0.2, -0.15) is 0 Å². The lowest BCUT2D eigenvalue weighted by molar-refractivity contribution is 1.12. The molecule has 0 aliphatic carbocycles. The molecule has 0 radical (unpaired) electrons. The summed E-state index contributed by atoms with van der Waals surface area (Å²) in [6.45, 7) is 4.16. The largest absolute Gasteiger partial charge is 0.383 e. The van der Waals surface area contributed by atoms with Crippen molar-refractivity contribution in [1.82, 2.24) is 4.98 Å². The first-order valence-corrected chi connectivity index (χ1v) is 5.42. The summed E-state index contributed by atoms with van der Waals surface area (Å²) in [7, 11) is 0. The number of benzene rings is 1. The number of pyridine rings is 1. The van der Waals surface area contributed by atoms with Gasteiger partial charge < -0.3 is 5.73 Å². The third kappa shape index (κ3) is 2.22. The Kier molecular flexibility index (Phi) is 2.91. The van der Waals surface area contributed by atoms with E-state index in [0.717, 1.165) is 17.5 Å². The molecule has 0 aliphatic rings. The topological polar surface area (TPSA) is 38.9 Å². The van der Waals surface area contributed by atoms with E-state index in [9.17, 15) is 0 Å². The average molecular weight is 212 g/mol. The second-order valence-electron chi connectivity index (χ2n) is 4.16. The van der Waals surface area contributed by atoms with Gasteiger partial charge in [-0.1, -0.05) is 30.3 Å². The fourth-order valence-corrected chi connectivity index (χ4v) is 1.80. The number of nitrogens with two attached hydrogens (primary N) is 1. The van der Waals surface area contributed by atoms with Crippen molar-refractivity contribution >= 4 is 5.82 Å². The van der Waals surface area contributed by atoms with Crippen LogP contribution in [0.25, 0.3) is 0 Å². The van der Waals surface area contributed by atoms with Crippen LogP contribution in [0.5, 0.6) is 0 Å². The summed E-state index contributed by atoms with van der Waals surface area (Å²) in [5.74, 6) is 0.633. The molecular weight excluding hydrogens is 196 g/mol. The number of hydrogen-bond donors (Lipinski definition) is 1. The second-order valence-corrected chi connectivity index (χ2v) is 4.16. The lowest BCUT2D eigenvalue weighted by atomic mass is 10.0. The van der Waals surface area contributed by atoms with E-state index < -0.39 is 0 Å². The van der Waals surface area contributed by atoms with Gasteiger partial charge in [0.25, 0.3) is 0 Å². The van der Waals surface area contributed by atoms with E-state index in [4.69, 9.17) is 5.73 Å². The molecule has 1 heterocycles. The van der Waals surface area contributed by atoms with E-state index in [0.29, 0.717) is 5.82 Å². The number of nitrogens with zero attached hydrogens (tertiary/aromatic N) is 1. The van der Waals surface area contributed by atoms with Crippen molar-refractivity contribution in [2.24, 2.45) is 0 Å². The van der Waals surface area contributed by atoms with Crippen molar-refractivity contribution in [1.29, 1.82) is 0 Å². The fourth-order valence-electron chi connectivity index (χ4n) is 1.80. The monoisotopic (exact) mass is 212 g/mol. The number of anilines is 1. The van der Waals surface area contributed by atoms with Crippen LogP contribution in [0.15, 0.2) is 36.5 Å². The van der Waals surface area contributed by atoms with Crippen molar-refractivity contribution in [2.45, 2.75) is 20.3 Å². The van der Waals surface area contributed by atoms with Crippen LogP contribution >= 0.6 is 0 Å². The summed E-state index contributed by atoms with van der Waals surface area (Å²) < 4.78 is 0. The summed E-state index contributed by atoms with van der Waals surface area (Å²) in [4.78, 5) is 4.18. The van der Waals surface area contributed by atoms with E-state index >= 15 is 0 Å². The zero-order valence-corrected chi connectivity index (χ0v) is 9.70. The number of aromatic nitrogens is 1. The highest BCUT2D eigenvalue weighted by molar-refractivity contribution is 5.44. The first kappa shape index (κ1) is 10.7. The minimum Gasteiger partial charge on any atom is -0.383 e. The Bertz CT molecular complexity index is 504. The molecule has 2 nitrogen and oxygen atoms in total. The minimum atomic E-state index is 0.633. The van der Waals surface area contributed by atoms with Crippen LogP contribution in [-0.4, -0.2) is 4.98 Å². The van der Waals surface area contributed by atoms with Crippen LogP contribution < -0.4 is 5.73 Å². The van der Waals surface area contributed by atoms with E-state index in [2.05, 4.69) is 42.2 Å². The molecule has 1 aromatic heterocycles. The summed E-state index contributed by atoms with van der Waals surface area (Å²) in [6.07, 6.45) is 2.66. The zero-order chi connectivity index (χ0) is 11.5. The summed E-state index contributed by atoms with van der Waals surface area (Å²) in [6, 6.07) is 10.5. The molecule has 0 amide bonds. The molecule has 2 rings (SSSR count). The van der Waals surface area contributed by atoms with Gasteiger partial charge in [0.15, 0.2) is 0 Å². The normalized spacial score (nSPS) is 10.4. The first-order chi connectivity index (χ1) is 7.66. The van der Waals surface area contributed by atoms with Crippen LogP contribution in [-0.2, 0) is 6.42 Å². The standard InChI is InChI=1S/C14H16N2/c1-10-7-13(14(15)16-9-10)8-12-6-4-3-5-11(12)2/h3-7,9H,8H2,1-2H3,(H2,15,16). The van der Waals surface area contributed by atoms with Crippen LogP contribution in [0.1, 0.15) is 22.3 Å². The summed E-state index contributed by atoms with van der Waals surface area (Å²) >= 11 is 0. The third-order valence-electron chi connectivity index (χ3n) is 2.78. The van der Waals surface area contributed by atoms with Gasteiger partial charge in [-0.15, -0.1) is 0 Å². The Hall–Kier alpha value is -1.83. The molecule has 0 aliphatic heterocycles. The third-order valence-corrected chi connectivity index (χ3v) is 2.78. The average Bonchev–Trinajstić information content (AvgIpc) is 2.27. The molecule has 0 bridgehead atoms. The van der Waals surface area contributed by atoms with Crippen molar-refractivity contribution in [2.75, 3.05) is 5.73 Å². The van der Waals surface area contributed by atoms with Crippen LogP contribution in [0, 0.1) is 13.8 Å². The lowest BCUT2D eigenvalue weighted by Gasteiger charge is -2.08. The lowest BCUT2D eigenvalue weighted by Crippen LogP contribution is -2.00. The van der Waals surface area contributed by atoms with Gasteiger partial charge in [0.05, 0.1) is 0 Å². The van der Waals surface area contributed by atoms with E-state index in [-0.39, 0.29) is 0 Å². The quantitative estimate of drug-likeness (QED) is 0.831. The summed E-state index contributed by atoms with van der Waals surface area (Å²) in [5.41, 5.74) is 10.7. The van der Waals surface area contributed by atoms with Crippen molar-refractivity contribution < 1.29 is 0 Å². The molecule has 0 spiro atoms. The predicted octanol–water partition coefficient (Wildman–Crippen LogP) is 2.87. The molecule has 0 fully saturated rings. The highest BCUT2D eigenvalue weighted by Crippen LogP contribution is 2.17. The van der Waals surface area contributed by atoms with E-state index in [1.54, 1.807) is 6.20 Å². The molecule has 0 atom stereocenters. The molecule has 0 unspecified atom stereocenters. The van der Waals surface area contributed by atoms with Crippen molar-refractivity contribution in [3.05, 3.63) is 58.8 Å². The first-order valence-electron chi connectivity index (χ1n) is 5.42. The molecule has 2 aromatic rings. The maximum absolute atomic E-state index is 5.88. The number of rotatable bonds is 2. The predicted molar refractivity (Wildman–Crippen MR) is 67.4 cm³/mol. The fraction of sp³-hybridized carbons (Fsp3) is 0.214. The van der Waals surface area contributed by atoms with Gasteiger partial charge in [0.1, 0.15) is 5.82 Å². The van der Waals surface area contributed by atoms with Gasteiger partial charge in [-0.05, 0) is 36.1 Å². The second kappa shape index (κ2) is 4.35. The molecule has 1 aromatic carbocycles. The van der Waals surface area contributed by atoms with Gasteiger partial charge in [-0.25, -0.2) is 4.98 Å². The Labute approximate surface area is 96.1 Å². The smallest absolute Gasteiger partial charge is 0.126 e. The molecule has 2 N–H and O–H groups in total. The number of hydrogen-bond acceptors (Lipinski definition) is 2. The highest BCUT2D eigenvalue weighted by Gasteiger charge is 2.04. The Morgan fingerprint density at radius 1 is 1.12 bits per heavy atom. The molecule has 82 valence electrons. The maximum Gasteiger partial charge on any atom is 0.126 e. The van der Waals surface area contributed by atoms with Gasteiger partial charge >= 0.3 is 0 Å². The molecule has 0 saturated heterocycles. The van der Waals surface area contributed by atoms with Crippen LogP contribution in [0.3, 0.4) is 0 Å². The van der Waals surface area contributed by atoms with Crippen molar-refractivity contribution in [3.8, 4) is 0 Å². The Morgan fingerprint density at radius 2 is 1.88 bits per heavy atom. The van der Waals surface area contributed by atoms with Gasteiger partial charge in [-0.3, -0.25) is 0 Å². The number of aryl methyl sites for hydroxylation is 2. The Balaban J connectivity index is 2.34. The Morgan fingerprint density at radius 3 is 2.62 bits per heavy atom. The molecule has 2 heteroatoms. The van der Waals surface area contributed by atoms with Crippen LogP contribution in [0.2, 0.25) is 0 Å². The number of nitrogen functional groups attached to an aromatic ring is 1. The maximum atomic E-state index is 5.88. The highest BCUT2D eigenvalue weighted by atomic mass is 14.8. The van der Waals surface area contributed by atoms with Crippen molar-refractivity contribution in [3.63, 3.8) is 0 Å². The van der Waals surface area contributed by atoms with Crippen LogP contribution in [0.4, 0.5) is 5.82 Å². The molecule has 16 heavy (non-hydrogen) atoms.